The number of carbonyl (C=O) groups is 1. The molecule has 2 heterocycles. The second-order valence-corrected chi connectivity index (χ2v) is 7.08. The first-order valence-corrected chi connectivity index (χ1v) is 9.90. The van der Waals surface area contributed by atoms with E-state index in [1.807, 2.05) is 102 Å². The highest BCUT2D eigenvalue weighted by Crippen LogP contribution is 2.30. The lowest BCUT2D eigenvalue weighted by Crippen LogP contribution is -2.50. The number of nitrogens with zero attached hydrogens (tertiary/aromatic N) is 3. The Kier molecular flexibility index (Phi) is 4.72. The molecular formula is C25H20N4O2. The Hall–Kier alpha value is -4.32. The maximum absolute atomic E-state index is 12.9. The molecule has 5 rings (SSSR count). The number of guanidine groups is 1. The summed E-state index contributed by atoms with van der Waals surface area (Å²) in [6, 6.07) is 27.4. The number of para-hydroxylation sites is 1. The normalized spacial score (nSPS) is 16.5. The molecule has 0 fully saturated rings. The molecule has 0 unspecified atom stereocenters. The molecule has 0 spiro atoms. The summed E-state index contributed by atoms with van der Waals surface area (Å²) < 4.78 is 5.23. The van der Waals surface area contributed by atoms with E-state index < -0.39 is 0 Å². The van der Waals surface area contributed by atoms with Gasteiger partial charge in [0.2, 0.25) is 5.96 Å². The minimum atomic E-state index is -0.304. The van der Waals surface area contributed by atoms with Crippen LogP contribution >= 0.6 is 0 Å². The van der Waals surface area contributed by atoms with E-state index in [1.165, 1.54) is 0 Å². The van der Waals surface area contributed by atoms with Crippen LogP contribution < -0.4 is 15.1 Å². The molecule has 0 radical (unpaired) electrons. The third-order valence-electron chi connectivity index (χ3n) is 5.11. The van der Waals surface area contributed by atoms with Crippen LogP contribution in [0.2, 0.25) is 0 Å². The smallest absolute Gasteiger partial charge is 0.298 e. The van der Waals surface area contributed by atoms with Crippen LogP contribution in [-0.2, 0) is 4.79 Å². The Balaban J connectivity index is 1.58. The van der Waals surface area contributed by atoms with Crippen molar-refractivity contribution < 1.29 is 9.53 Å². The van der Waals surface area contributed by atoms with Crippen molar-refractivity contribution >= 4 is 29.3 Å². The highest BCUT2D eigenvalue weighted by molar-refractivity contribution is 6.18. The molecule has 6 heteroatoms. The number of anilines is 1. The van der Waals surface area contributed by atoms with Gasteiger partial charge in [0.15, 0.2) is 0 Å². The second-order valence-electron chi connectivity index (χ2n) is 7.08. The summed E-state index contributed by atoms with van der Waals surface area (Å²) in [6.45, 7) is 0. The molecule has 3 aromatic rings. The second kappa shape index (κ2) is 7.84. The molecular weight excluding hydrogens is 388 g/mol. The number of hydrogen-bond acceptors (Lipinski definition) is 5. The molecule has 0 atom stereocenters. The van der Waals surface area contributed by atoms with E-state index in [0.29, 0.717) is 11.7 Å². The number of fused-ring (bicyclic) bond motifs is 1. The number of aliphatic imine (C=N–C) groups is 1. The Labute approximate surface area is 180 Å². The Morgan fingerprint density at radius 1 is 0.903 bits per heavy atom. The van der Waals surface area contributed by atoms with Crippen LogP contribution in [0.15, 0.2) is 102 Å². The van der Waals surface area contributed by atoms with E-state index in [2.05, 4.69) is 10.4 Å². The zero-order chi connectivity index (χ0) is 21.2. The van der Waals surface area contributed by atoms with Gasteiger partial charge >= 0.3 is 0 Å². The largest absolute Gasteiger partial charge is 0.497 e. The lowest BCUT2D eigenvalue weighted by molar-refractivity contribution is -0.114. The number of amides is 1. The molecule has 0 saturated carbocycles. The Bertz CT molecular complexity index is 1200. The van der Waals surface area contributed by atoms with E-state index in [0.717, 1.165) is 28.3 Å². The summed E-state index contributed by atoms with van der Waals surface area (Å²) in [4.78, 5) is 19.1. The summed E-state index contributed by atoms with van der Waals surface area (Å²) >= 11 is 0. The molecule has 31 heavy (non-hydrogen) atoms. The van der Waals surface area contributed by atoms with Crippen LogP contribution in [0.3, 0.4) is 0 Å². The SMILES string of the molecule is COc1ccc(/C=C2/C(=O)N=C3N2NC(c2ccccc2)=CN3c2ccccc2)cc1. The number of rotatable bonds is 4. The van der Waals surface area contributed by atoms with Gasteiger partial charge in [0.05, 0.1) is 12.8 Å². The quantitative estimate of drug-likeness (QED) is 0.654. The first kappa shape index (κ1) is 18.7. The standard InChI is InChI=1S/C25H20N4O2/c1-31-21-14-12-18(13-15-21)16-23-24(30)26-25-28(20-10-6-3-7-11-20)17-22(27-29(23)25)19-8-4-2-5-9-19/h2-17,27H,1H3/b23-16-. The van der Waals surface area contributed by atoms with E-state index in [1.54, 1.807) is 12.1 Å². The van der Waals surface area contributed by atoms with Crippen LogP contribution in [0, 0.1) is 0 Å². The fourth-order valence-corrected chi connectivity index (χ4v) is 3.53. The molecule has 6 nitrogen and oxygen atoms in total. The maximum Gasteiger partial charge on any atom is 0.298 e. The van der Waals surface area contributed by atoms with Gasteiger partial charge in [0, 0.05) is 17.5 Å². The van der Waals surface area contributed by atoms with Crippen molar-refractivity contribution in [2.45, 2.75) is 0 Å². The average molecular weight is 408 g/mol. The van der Waals surface area contributed by atoms with Crippen molar-refractivity contribution in [3.63, 3.8) is 0 Å². The summed E-state index contributed by atoms with van der Waals surface area (Å²) in [5, 5.41) is 1.74. The van der Waals surface area contributed by atoms with E-state index in [-0.39, 0.29) is 5.91 Å². The molecule has 152 valence electrons. The lowest BCUT2D eigenvalue weighted by atomic mass is 10.1. The van der Waals surface area contributed by atoms with Crippen LogP contribution in [0.1, 0.15) is 11.1 Å². The summed E-state index contributed by atoms with van der Waals surface area (Å²) in [7, 11) is 1.63. The Morgan fingerprint density at radius 2 is 1.58 bits per heavy atom. The van der Waals surface area contributed by atoms with Crippen molar-refractivity contribution in [3.05, 3.63) is 108 Å². The van der Waals surface area contributed by atoms with Crippen LogP contribution in [0.5, 0.6) is 5.75 Å². The van der Waals surface area contributed by atoms with Gasteiger partial charge in [-0.1, -0.05) is 60.7 Å². The summed E-state index contributed by atoms with van der Waals surface area (Å²) in [6.07, 6.45) is 3.78. The molecule has 0 aliphatic carbocycles. The van der Waals surface area contributed by atoms with Gasteiger partial charge in [-0.25, -0.2) is 5.01 Å². The average Bonchev–Trinajstić information content (AvgIpc) is 3.15. The molecule has 0 saturated heterocycles. The molecule has 3 aromatic carbocycles. The van der Waals surface area contributed by atoms with Crippen molar-refractivity contribution in [3.8, 4) is 5.75 Å². The molecule has 1 amide bonds. The van der Waals surface area contributed by atoms with Gasteiger partial charge in [-0.2, -0.15) is 4.99 Å². The van der Waals surface area contributed by atoms with Crippen molar-refractivity contribution in [1.29, 1.82) is 0 Å². The topological polar surface area (TPSA) is 57.2 Å². The zero-order valence-electron chi connectivity index (χ0n) is 16.9. The summed E-state index contributed by atoms with van der Waals surface area (Å²) in [5.41, 5.74) is 7.47. The first-order chi connectivity index (χ1) is 15.2. The van der Waals surface area contributed by atoms with Crippen LogP contribution in [0.25, 0.3) is 11.8 Å². The van der Waals surface area contributed by atoms with E-state index in [9.17, 15) is 4.79 Å². The first-order valence-electron chi connectivity index (χ1n) is 9.90. The minimum Gasteiger partial charge on any atom is -0.497 e. The number of ether oxygens (including phenoxy) is 1. The van der Waals surface area contributed by atoms with Gasteiger partial charge in [0.25, 0.3) is 5.91 Å². The van der Waals surface area contributed by atoms with Crippen molar-refractivity contribution in [1.82, 2.24) is 10.4 Å². The predicted octanol–water partition coefficient (Wildman–Crippen LogP) is 4.26. The van der Waals surface area contributed by atoms with Gasteiger partial charge < -0.3 is 4.74 Å². The number of hydrazine groups is 1. The van der Waals surface area contributed by atoms with E-state index in [4.69, 9.17) is 4.74 Å². The van der Waals surface area contributed by atoms with Gasteiger partial charge in [-0.05, 0) is 35.9 Å². The maximum atomic E-state index is 12.9. The fourth-order valence-electron chi connectivity index (χ4n) is 3.53. The number of carbonyl (C=O) groups excluding carboxylic acids is 1. The molecule has 2 aliphatic rings. The fraction of sp³-hybridized carbons (Fsp3) is 0.0400. The zero-order valence-corrected chi connectivity index (χ0v) is 16.9. The molecule has 1 N–H and O–H groups in total. The molecule has 2 aliphatic heterocycles. The Morgan fingerprint density at radius 3 is 2.26 bits per heavy atom. The minimum absolute atomic E-state index is 0.304. The van der Waals surface area contributed by atoms with Crippen LogP contribution in [0.4, 0.5) is 5.69 Å². The lowest BCUT2D eigenvalue weighted by Gasteiger charge is -2.35. The van der Waals surface area contributed by atoms with E-state index >= 15 is 0 Å². The van der Waals surface area contributed by atoms with Crippen molar-refractivity contribution in [2.75, 3.05) is 12.0 Å². The predicted molar refractivity (Wildman–Crippen MR) is 122 cm³/mol. The monoisotopic (exact) mass is 408 g/mol. The number of benzene rings is 3. The van der Waals surface area contributed by atoms with Gasteiger partial charge in [-0.3, -0.25) is 15.1 Å². The highest BCUT2D eigenvalue weighted by Gasteiger charge is 2.37. The third kappa shape index (κ3) is 3.55. The highest BCUT2D eigenvalue weighted by atomic mass is 16.5. The van der Waals surface area contributed by atoms with Crippen molar-refractivity contribution in [2.24, 2.45) is 4.99 Å². The number of methoxy groups -OCH3 is 1. The molecule has 0 bridgehead atoms. The van der Waals surface area contributed by atoms with Gasteiger partial charge in [0.1, 0.15) is 11.4 Å². The third-order valence-corrected chi connectivity index (χ3v) is 5.11. The number of hydrogen-bond donors (Lipinski definition) is 1. The molecule has 0 aromatic heterocycles. The number of nitrogens with one attached hydrogen (secondary N) is 1. The van der Waals surface area contributed by atoms with Crippen LogP contribution in [-0.4, -0.2) is 24.0 Å². The van der Waals surface area contributed by atoms with Gasteiger partial charge in [-0.15, -0.1) is 0 Å². The summed E-state index contributed by atoms with van der Waals surface area (Å²) in [5.74, 6) is 0.968.